The second-order valence-corrected chi connectivity index (χ2v) is 5.67. The van der Waals surface area contributed by atoms with Crippen molar-refractivity contribution in [1.29, 1.82) is 0 Å². The van der Waals surface area contributed by atoms with Crippen LogP contribution in [-0.4, -0.2) is 16.9 Å². The lowest BCUT2D eigenvalue weighted by Gasteiger charge is -2.09. The highest BCUT2D eigenvalue weighted by Gasteiger charge is 2.10. The molecule has 0 saturated carbocycles. The number of anilines is 1. The average Bonchev–Trinajstić information content (AvgIpc) is 2.56. The lowest BCUT2D eigenvalue weighted by molar-refractivity contribution is -0.384. The molecule has 0 aliphatic rings. The molecule has 2 rings (SSSR count). The summed E-state index contributed by atoms with van der Waals surface area (Å²) in [7, 11) is 0. The molecule has 0 aromatic heterocycles. The zero-order valence-electron chi connectivity index (χ0n) is 12.6. The van der Waals surface area contributed by atoms with Crippen LogP contribution in [0.1, 0.15) is 5.56 Å². The van der Waals surface area contributed by atoms with Crippen LogP contribution in [0.15, 0.2) is 42.5 Å². The topological polar surface area (TPSA) is 113 Å². The maximum atomic E-state index is 11.8. The van der Waals surface area contributed by atoms with Gasteiger partial charge in [0.05, 0.1) is 21.4 Å². The van der Waals surface area contributed by atoms with E-state index in [2.05, 4.69) is 16.2 Å². The number of nitro benzene ring substituents is 1. The molecule has 0 bridgehead atoms. The number of benzene rings is 2. The fraction of sp³-hybridized carbons (Fsp3) is 0.0667. The second-order valence-electron chi connectivity index (χ2n) is 4.86. The molecule has 2 aromatic rings. The van der Waals surface area contributed by atoms with E-state index in [-0.39, 0.29) is 17.8 Å². The number of carbonyl (C=O) groups excluding carboxylic acids is 2. The second kappa shape index (κ2) is 8.32. The van der Waals surface area contributed by atoms with E-state index in [1.165, 1.54) is 24.3 Å². The molecule has 3 amide bonds. The van der Waals surface area contributed by atoms with Crippen LogP contribution in [0.3, 0.4) is 0 Å². The molecule has 0 aliphatic carbocycles. The van der Waals surface area contributed by atoms with E-state index in [1.807, 2.05) is 0 Å². The van der Waals surface area contributed by atoms with Crippen LogP contribution in [0.2, 0.25) is 10.0 Å². The van der Waals surface area contributed by atoms with Crippen molar-refractivity contribution in [1.82, 2.24) is 10.9 Å². The van der Waals surface area contributed by atoms with Crippen molar-refractivity contribution in [2.45, 2.75) is 6.42 Å². The lowest BCUT2D eigenvalue weighted by atomic mass is 10.1. The molecule has 0 spiro atoms. The Morgan fingerprint density at radius 2 is 1.80 bits per heavy atom. The summed E-state index contributed by atoms with van der Waals surface area (Å²) < 4.78 is 0. The molecule has 25 heavy (non-hydrogen) atoms. The molecule has 0 aliphatic heterocycles. The standard InChI is InChI=1S/C15H12Cl2N4O4/c16-12-5-4-9(6-13(12)17)7-14(22)19-20-15(23)18-10-2-1-3-11(8-10)21(24)25/h1-6,8H,7H2,(H,19,22)(H2,18,20,23). The van der Waals surface area contributed by atoms with Crippen molar-refractivity contribution in [3.05, 3.63) is 68.2 Å². The summed E-state index contributed by atoms with van der Waals surface area (Å²) in [4.78, 5) is 33.6. The molecule has 0 atom stereocenters. The number of hydrazine groups is 1. The zero-order valence-corrected chi connectivity index (χ0v) is 14.1. The predicted molar refractivity (Wildman–Crippen MR) is 93.6 cm³/mol. The number of hydrogen-bond acceptors (Lipinski definition) is 4. The first-order valence-corrected chi connectivity index (χ1v) is 7.65. The smallest absolute Gasteiger partial charge is 0.306 e. The summed E-state index contributed by atoms with van der Waals surface area (Å²) in [6.07, 6.45) is -0.0199. The van der Waals surface area contributed by atoms with E-state index >= 15 is 0 Å². The first-order chi connectivity index (χ1) is 11.8. The monoisotopic (exact) mass is 382 g/mol. The first kappa shape index (κ1) is 18.5. The van der Waals surface area contributed by atoms with Crippen LogP contribution in [0.25, 0.3) is 0 Å². The quantitative estimate of drug-likeness (QED) is 0.555. The number of non-ortho nitro benzene ring substituents is 1. The van der Waals surface area contributed by atoms with Gasteiger partial charge in [-0.1, -0.05) is 35.3 Å². The maximum absolute atomic E-state index is 11.8. The number of nitrogens with one attached hydrogen (secondary N) is 3. The van der Waals surface area contributed by atoms with Gasteiger partial charge in [-0.15, -0.1) is 0 Å². The summed E-state index contributed by atoms with van der Waals surface area (Å²) in [6, 6.07) is 9.39. The first-order valence-electron chi connectivity index (χ1n) is 6.89. The third kappa shape index (κ3) is 5.63. The van der Waals surface area contributed by atoms with Crippen molar-refractivity contribution >= 4 is 46.5 Å². The Bertz CT molecular complexity index is 829. The van der Waals surface area contributed by atoms with Crippen LogP contribution in [0, 0.1) is 10.1 Å². The number of nitro groups is 1. The van der Waals surface area contributed by atoms with Gasteiger partial charge in [-0.2, -0.15) is 0 Å². The van der Waals surface area contributed by atoms with Gasteiger partial charge in [0.1, 0.15) is 0 Å². The molecule has 0 fully saturated rings. The molecule has 130 valence electrons. The van der Waals surface area contributed by atoms with Crippen molar-refractivity contribution in [3.8, 4) is 0 Å². The van der Waals surface area contributed by atoms with E-state index in [0.717, 1.165) is 0 Å². The minimum atomic E-state index is -0.747. The SMILES string of the molecule is O=C(Cc1ccc(Cl)c(Cl)c1)NNC(=O)Nc1cccc([N+](=O)[O-])c1. The van der Waals surface area contributed by atoms with Gasteiger partial charge in [0.25, 0.3) is 5.69 Å². The highest BCUT2D eigenvalue weighted by molar-refractivity contribution is 6.42. The van der Waals surface area contributed by atoms with Gasteiger partial charge in [0, 0.05) is 17.8 Å². The minimum absolute atomic E-state index is 0.0199. The molecule has 0 saturated heterocycles. The molecule has 3 N–H and O–H groups in total. The summed E-state index contributed by atoms with van der Waals surface area (Å²) in [6.45, 7) is 0. The van der Waals surface area contributed by atoms with E-state index in [0.29, 0.717) is 15.6 Å². The van der Waals surface area contributed by atoms with Gasteiger partial charge < -0.3 is 5.32 Å². The predicted octanol–water partition coefficient (Wildman–Crippen LogP) is 3.30. The summed E-state index contributed by atoms with van der Waals surface area (Å²) in [5.41, 5.74) is 5.03. The molecule has 10 heteroatoms. The van der Waals surface area contributed by atoms with Gasteiger partial charge in [0.15, 0.2) is 0 Å². The number of rotatable bonds is 4. The van der Waals surface area contributed by atoms with Gasteiger partial charge in [0.2, 0.25) is 5.91 Å². The summed E-state index contributed by atoms with van der Waals surface area (Å²) >= 11 is 11.6. The van der Waals surface area contributed by atoms with E-state index in [4.69, 9.17) is 23.2 Å². The Hall–Kier alpha value is -2.84. The average molecular weight is 383 g/mol. The van der Waals surface area contributed by atoms with Crippen LogP contribution in [0.4, 0.5) is 16.2 Å². The molecule has 0 unspecified atom stereocenters. The number of amides is 3. The van der Waals surface area contributed by atoms with E-state index in [9.17, 15) is 19.7 Å². The Morgan fingerprint density at radius 3 is 2.48 bits per heavy atom. The normalized spacial score (nSPS) is 10.0. The number of nitrogens with zero attached hydrogens (tertiary/aromatic N) is 1. The number of hydrogen-bond donors (Lipinski definition) is 3. The Labute approximate surface area is 152 Å². The Kier molecular flexibility index (Phi) is 6.15. The Morgan fingerprint density at radius 1 is 1.04 bits per heavy atom. The van der Waals surface area contributed by atoms with Crippen molar-refractivity contribution in [2.75, 3.05) is 5.32 Å². The van der Waals surface area contributed by atoms with Crippen molar-refractivity contribution < 1.29 is 14.5 Å². The van der Waals surface area contributed by atoms with Crippen molar-refractivity contribution in [2.24, 2.45) is 0 Å². The molecule has 0 radical (unpaired) electrons. The fourth-order valence-corrected chi connectivity index (χ4v) is 2.19. The number of urea groups is 1. The third-order valence-corrected chi connectivity index (χ3v) is 3.72. The third-order valence-electron chi connectivity index (χ3n) is 2.98. The van der Waals surface area contributed by atoms with Crippen LogP contribution >= 0.6 is 23.2 Å². The van der Waals surface area contributed by atoms with Gasteiger partial charge in [-0.05, 0) is 23.8 Å². The highest BCUT2D eigenvalue weighted by Crippen LogP contribution is 2.22. The van der Waals surface area contributed by atoms with E-state index in [1.54, 1.807) is 18.2 Å². The molecular weight excluding hydrogens is 371 g/mol. The van der Waals surface area contributed by atoms with Crippen LogP contribution < -0.4 is 16.2 Å². The maximum Gasteiger partial charge on any atom is 0.337 e. The minimum Gasteiger partial charge on any atom is -0.306 e. The molecule has 0 heterocycles. The van der Waals surface area contributed by atoms with Crippen LogP contribution in [-0.2, 0) is 11.2 Å². The zero-order chi connectivity index (χ0) is 18.4. The van der Waals surface area contributed by atoms with Crippen molar-refractivity contribution in [3.63, 3.8) is 0 Å². The molecule has 8 nitrogen and oxygen atoms in total. The Balaban J connectivity index is 1.85. The van der Waals surface area contributed by atoms with Gasteiger partial charge >= 0.3 is 6.03 Å². The van der Waals surface area contributed by atoms with E-state index < -0.39 is 16.9 Å². The summed E-state index contributed by atoms with van der Waals surface area (Å²) in [5, 5.41) is 13.7. The molecule has 2 aromatic carbocycles. The van der Waals surface area contributed by atoms with Gasteiger partial charge in [-0.25, -0.2) is 10.2 Å². The lowest BCUT2D eigenvalue weighted by Crippen LogP contribution is -2.44. The van der Waals surface area contributed by atoms with Gasteiger partial charge in [-0.3, -0.25) is 20.3 Å². The molecular formula is C15H12Cl2N4O4. The summed E-state index contributed by atoms with van der Waals surface area (Å²) in [5.74, 6) is -0.479. The largest absolute Gasteiger partial charge is 0.337 e. The number of carbonyl (C=O) groups is 2. The highest BCUT2D eigenvalue weighted by atomic mass is 35.5. The van der Waals surface area contributed by atoms with Crippen LogP contribution in [0.5, 0.6) is 0 Å². The fourth-order valence-electron chi connectivity index (χ4n) is 1.87. The number of halogens is 2.